The number of nitrogens with one attached hydrogen (secondary N) is 1. The van der Waals surface area contributed by atoms with Gasteiger partial charge in [-0.3, -0.25) is 0 Å². The Balaban J connectivity index is 2.85. The molecule has 0 aliphatic carbocycles. The van der Waals surface area contributed by atoms with E-state index >= 15 is 0 Å². The Labute approximate surface area is 98.8 Å². The molecular formula is C11H16BrNS. The zero-order chi connectivity index (χ0) is 10.6. The maximum absolute atomic E-state index is 3.58. The molecular weight excluding hydrogens is 258 g/mol. The van der Waals surface area contributed by atoms with Crippen LogP contribution in [0, 0.1) is 0 Å². The molecule has 14 heavy (non-hydrogen) atoms. The lowest BCUT2D eigenvalue weighted by molar-refractivity contribution is 0.597. The van der Waals surface area contributed by atoms with Gasteiger partial charge in [0, 0.05) is 15.4 Å². The molecule has 0 spiro atoms. The van der Waals surface area contributed by atoms with Crippen molar-refractivity contribution >= 4 is 27.7 Å². The topological polar surface area (TPSA) is 12.0 Å². The van der Waals surface area contributed by atoms with E-state index in [9.17, 15) is 0 Å². The van der Waals surface area contributed by atoms with E-state index in [4.69, 9.17) is 0 Å². The molecule has 0 amide bonds. The van der Waals surface area contributed by atoms with Crippen molar-refractivity contribution in [1.82, 2.24) is 5.32 Å². The first-order valence-corrected chi connectivity index (χ1v) is 6.77. The number of halogens is 1. The van der Waals surface area contributed by atoms with E-state index in [2.05, 4.69) is 59.5 Å². The Hall–Kier alpha value is 0.01000. The quantitative estimate of drug-likeness (QED) is 0.837. The van der Waals surface area contributed by atoms with Crippen molar-refractivity contribution in [3.05, 3.63) is 28.2 Å². The molecule has 0 aromatic heterocycles. The molecule has 0 aliphatic heterocycles. The number of hydrogen-bond donors (Lipinski definition) is 1. The first-order chi connectivity index (χ1) is 6.69. The number of thioether (sulfide) groups is 1. The van der Waals surface area contributed by atoms with Crippen LogP contribution in [0.5, 0.6) is 0 Å². The number of benzene rings is 1. The van der Waals surface area contributed by atoms with Crippen LogP contribution < -0.4 is 5.32 Å². The molecule has 0 aliphatic rings. The highest BCUT2D eigenvalue weighted by Crippen LogP contribution is 2.28. The van der Waals surface area contributed by atoms with Gasteiger partial charge in [0.15, 0.2) is 0 Å². The van der Waals surface area contributed by atoms with Gasteiger partial charge >= 0.3 is 0 Å². The molecule has 1 aromatic rings. The summed E-state index contributed by atoms with van der Waals surface area (Å²) < 4.78 is 1.19. The summed E-state index contributed by atoms with van der Waals surface area (Å²) in [5.74, 6) is 0. The Morgan fingerprint density at radius 2 is 2.21 bits per heavy atom. The summed E-state index contributed by atoms with van der Waals surface area (Å²) in [6.07, 6.45) is 2.09. The zero-order valence-electron chi connectivity index (χ0n) is 8.80. The third-order valence-corrected chi connectivity index (χ3v) is 3.90. The summed E-state index contributed by atoms with van der Waals surface area (Å²) in [6, 6.07) is 6.97. The van der Waals surface area contributed by atoms with E-state index in [-0.39, 0.29) is 0 Å². The van der Waals surface area contributed by atoms with Crippen LogP contribution in [0.25, 0.3) is 0 Å². The summed E-state index contributed by atoms with van der Waals surface area (Å²) in [5.41, 5.74) is 1.33. The minimum atomic E-state index is 0.423. The van der Waals surface area contributed by atoms with Crippen LogP contribution in [0.2, 0.25) is 0 Å². The van der Waals surface area contributed by atoms with Gasteiger partial charge in [-0.2, -0.15) is 0 Å². The Bertz CT molecular complexity index is 301. The molecule has 1 nitrogen and oxygen atoms in total. The van der Waals surface area contributed by atoms with Crippen LogP contribution >= 0.6 is 27.7 Å². The van der Waals surface area contributed by atoms with Gasteiger partial charge < -0.3 is 5.32 Å². The predicted molar refractivity (Wildman–Crippen MR) is 68.0 cm³/mol. The van der Waals surface area contributed by atoms with Crippen LogP contribution in [0.4, 0.5) is 0 Å². The number of rotatable bonds is 4. The molecule has 1 unspecified atom stereocenters. The van der Waals surface area contributed by atoms with Crippen molar-refractivity contribution in [2.24, 2.45) is 0 Å². The monoisotopic (exact) mass is 273 g/mol. The first kappa shape index (κ1) is 12.1. The van der Waals surface area contributed by atoms with Crippen LogP contribution in [0.1, 0.15) is 25.5 Å². The minimum absolute atomic E-state index is 0.423. The first-order valence-electron chi connectivity index (χ1n) is 4.75. The highest BCUT2D eigenvalue weighted by atomic mass is 79.9. The van der Waals surface area contributed by atoms with Gasteiger partial charge in [0.25, 0.3) is 0 Å². The standard InChI is InChI=1S/C11H16BrNS/c1-4-13-8(2)9-5-6-11(14-3)10(12)7-9/h5-8,13H,4H2,1-3H3. The Kier molecular flexibility index (Phi) is 4.99. The van der Waals surface area contributed by atoms with E-state index in [1.165, 1.54) is 14.9 Å². The third kappa shape index (κ3) is 3.01. The average molecular weight is 274 g/mol. The van der Waals surface area contributed by atoms with Crippen molar-refractivity contribution in [2.75, 3.05) is 12.8 Å². The molecule has 0 fully saturated rings. The highest BCUT2D eigenvalue weighted by Gasteiger charge is 2.05. The lowest BCUT2D eigenvalue weighted by atomic mass is 10.1. The normalized spacial score (nSPS) is 12.9. The van der Waals surface area contributed by atoms with Gasteiger partial charge in [-0.25, -0.2) is 0 Å². The van der Waals surface area contributed by atoms with Crippen LogP contribution in [-0.4, -0.2) is 12.8 Å². The smallest absolute Gasteiger partial charge is 0.0314 e. The van der Waals surface area contributed by atoms with Crippen molar-refractivity contribution in [3.63, 3.8) is 0 Å². The molecule has 0 heterocycles. The fourth-order valence-corrected chi connectivity index (χ4v) is 2.72. The average Bonchev–Trinajstić information content (AvgIpc) is 2.18. The summed E-state index contributed by atoms with van der Waals surface area (Å²) in [7, 11) is 0. The molecule has 0 saturated heterocycles. The lowest BCUT2D eigenvalue weighted by Crippen LogP contribution is -2.17. The van der Waals surface area contributed by atoms with Gasteiger partial charge in [-0.1, -0.05) is 13.0 Å². The second-order valence-corrected chi connectivity index (χ2v) is 4.88. The molecule has 3 heteroatoms. The fraction of sp³-hybridized carbons (Fsp3) is 0.455. The van der Waals surface area contributed by atoms with E-state index in [1.807, 2.05) is 0 Å². The maximum atomic E-state index is 3.58. The van der Waals surface area contributed by atoms with E-state index in [1.54, 1.807) is 11.8 Å². The van der Waals surface area contributed by atoms with E-state index in [0.29, 0.717) is 6.04 Å². The van der Waals surface area contributed by atoms with Gasteiger partial charge in [-0.05, 0) is 53.4 Å². The van der Waals surface area contributed by atoms with Crippen molar-refractivity contribution in [1.29, 1.82) is 0 Å². The molecule has 0 saturated carbocycles. The van der Waals surface area contributed by atoms with Gasteiger partial charge in [0.05, 0.1) is 0 Å². The lowest BCUT2D eigenvalue weighted by Gasteiger charge is -2.13. The van der Waals surface area contributed by atoms with Gasteiger partial charge in [-0.15, -0.1) is 11.8 Å². The van der Waals surface area contributed by atoms with Crippen LogP contribution in [0.15, 0.2) is 27.6 Å². The van der Waals surface area contributed by atoms with Crippen molar-refractivity contribution in [2.45, 2.75) is 24.8 Å². The summed E-state index contributed by atoms with van der Waals surface area (Å²) in [4.78, 5) is 1.29. The largest absolute Gasteiger partial charge is 0.310 e. The van der Waals surface area contributed by atoms with E-state index < -0.39 is 0 Å². The van der Waals surface area contributed by atoms with Gasteiger partial charge in [0.2, 0.25) is 0 Å². The van der Waals surface area contributed by atoms with Crippen LogP contribution in [0.3, 0.4) is 0 Å². The SMILES string of the molecule is CCNC(C)c1ccc(SC)c(Br)c1. The maximum Gasteiger partial charge on any atom is 0.0314 e. The Morgan fingerprint density at radius 3 is 2.71 bits per heavy atom. The Morgan fingerprint density at radius 1 is 1.50 bits per heavy atom. The molecule has 0 radical (unpaired) electrons. The fourth-order valence-electron chi connectivity index (χ4n) is 1.38. The highest BCUT2D eigenvalue weighted by molar-refractivity contribution is 9.10. The molecule has 1 atom stereocenters. The van der Waals surface area contributed by atoms with E-state index in [0.717, 1.165) is 6.54 Å². The second kappa shape index (κ2) is 5.79. The number of hydrogen-bond acceptors (Lipinski definition) is 2. The van der Waals surface area contributed by atoms with Crippen molar-refractivity contribution < 1.29 is 0 Å². The van der Waals surface area contributed by atoms with Gasteiger partial charge in [0.1, 0.15) is 0 Å². The third-order valence-electron chi connectivity index (χ3n) is 2.19. The minimum Gasteiger partial charge on any atom is -0.310 e. The van der Waals surface area contributed by atoms with Crippen molar-refractivity contribution in [3.8, 4) is 0 Å². The second-order valence-electron chi connectivity index (χ2n) is 3.17. The zero-order valence-corrected chi connectivity index (χ0v) is 11.2. The molecule has 1 rings (SSSR count). The molecule has 1 N–H and O–H groups in total. The summed E-state index contributed by atoms with van der Waals surface area (Å²) in [5, 5.41) is 3.40. The molecule has 1 aromatic carbocycles. The predicted octanol–water partition coefficient (Wildman–Crippen LogP) is 3.84. The molecule has 0 bridgehead atoms. The summed E-state index contributed by atoms with van der Waals surface area (Å²) in [6.45, 7) is 5.31. The molecule has 78 valence electrons. The van der Waals surface area contributed by atoms with Crippen LogP contribution in [-0.2, 0) is 0 Å². The summed E-state index contributed by atoms with van der Waals surface area (Å²) >= 11 is 5.34.